The predicted octanol–water partition coefficient (Wildman–Crippen LogP) is 4.69. The van der Waals surface area contributed by atoms with Gasteiger partial charge in [0, 0.05) is 10.6 Å². The second-order valence-corrected chi connectivity index (χ2v) is 4.84. The van der Waals surface area contributed by atoms with Crippen molar-refractivity contribution in [2.75, 3.05) is 14.2 Å². The maximum Gasteiger partial charge on any atom is 0.124 e. The standard InChI is InChI=1S/C15H14Cl2O2/c1-18-10-7-8-14(19-2)12(9-10)15(17)11-5-3-4-6-13(11)16/h3-9,15H,1-2H3. The molecule has 2 nitrogen and oxygen atoms in total. The Balaban J connectivity index is 2.48. The molecule has 0 aromatic heterocycles. The van der Waals surface area contributed by atoms with Gasteiger partial charge < -0.3 is 9.47 Å². The Morgan fingerprint density at radius 3 is 2.32 bits per heavy atom. The lowest BCUT2D eigenvalue weighted by Crippen LogP contribution is -1.99. The third kappa shape index (κ3) is 2.96. The Bertz CT molecular complexity index is 570. The molecule has 2 rings (SSSR count). The van der Waals surface area contributed by atoms with Crippen LogP contribution in [0.4, 0.5) is 0 Å². The number of rotatable bonds is 4. The summed E-state index contributed by atoms with van der Waals surface area (Å²) in [4.78, 5) is 0. The smallest absolute Gasteiger partial charge is 0.124 e. The summed E-state index contributed by atoms with van der Waals surface area (Å²) in [5.41, 5.74) is 1.68. The van der Waals surface area contributed by atoms with Gasteiger partial charge in [0.2, 0.25) is 0 Å². The summed E-state index contributed by atoms with van der Waals surface area (Å²) >= 11 is 12.7. The van der Waals surface area contributed by atoms with Crippen LogP contribution in [0.5, 0.6) is 11.5 Å². The van der Waals surface area contributed by atoms with Gasteiger partial charge in [-0.15, -0.1) is 11.6 Å². The molecule has 0 aliphatic rings. The van der Waals surface area contributed by atoms with Crippen LogP contribution in [0.15, 0.2) is 42.5 Å². The lowest BCUT2D eigenvalue weighted by Gasteiger charge is -2.16. The van der Waals surface area contributed by atoms with Crippen LogP contribution >= 0.6 is 23.2 Å². The van der Waals surface area contributed by atoms with Gasteiger partial charge in [-0.3, -0.25) is 0 Å². The van der Waals surface area contributed by atoms with Crippen molar-refractivity contribution in [3.05, 3.63) is 58.6 Å². The van der Waals surface area contributed by atoms with Gasteiger partial charge in [0.15, 0.2) is 0 Å². The summed E-state index contributed by atoms with van der Waals surface area (Å²) in [5, 5.41) is 0.242. The zero-order valence-electron chi connectivity index (χ0n) is 10.7. The van der Waals surface area contributed by atoms with Gasteiger partial charge >= 0.3 is 0 Å². The highest BCUT2D eigenvalue weighted by Gasteiger charge is 2.18. The molecule has 0 saturated carbocycles. The van der Waals surface area contributed by atoms with Crippen LogP contribution in [0.1, 0.15) is 16.5 Å². The molecule has 4 heteroatoms. The summed E-state index contributed by atoms with van der Waals surface area (Å²) in [6.45, 7) is 0. The third-order valence-corrected chi connectivity index (χ3v) is 3.70. The summed E-state index contributed by atoms with van der Waals surface area (Å²) in [5.74, 6) is 1.44. The number of alkyl halides is 1. The van der Waals surface area contributed by atoms with Crippen molar-refractivity contribution < 1.29 is 9.47 Å². The molecule has 0 aliphatic heterocycles. The fourth-order valence-corrected chi connectivity index (χ4v) is 2.55. The average molecular weight is 297 g/mol. The summed E-state index contributed by atoms with van der Waals surface area (Å²) < 4.78 is 10.6. The predicted molar refractivity (Wildman–Crippen MR) is 78.7 cm³/mol. The Morgan fingerprint density at radius 2 is 1.68 bits per heavy atom. The van der Waals surface area contributed by atoms with Crippen molar-refractivity contribution in [1.29, 1.82) is 0 Å². The van der Waals surface area contributed by atoms with Crippen molar-refractivity contribution in [3.63, 3.8) is 0 Å². The average Bonchev–Trinajstić information content (AvgIpc) is 2.46. The molecule has 0 saturated heterocycles. The molecule has 1 unspecified atom stereocenters. The highest BCUT2D eigenvalue weighted by atomic mass is 35.5. The Labute approximate surface area is 122 Å². The first-order valence-corrected chi connectivity index (χ1v) is 6.59. The van der Waals surface area contributed by atoms with Crippen molar-refractivity contribution >= 4 is 23.2 Å². The van der Waals surface area contributed by atoms with Gasteiger partial charge in [0.05, 0.1) is 19.6 Å². The van der Waals surface area contributed by atoms with Crippen LogP contribution in [-0.4, -0.2) is 14.2 Å². The number of hydrogen-bond acceptors (Lipinski definition) is 2. The van der Waals surface area contributed by atoms with Crippen LogP contribution in [0, 0.1) is 0 Å². The maximum absolute atomic E-state index is 6.53. The van der Waals surface area contributed by atoms with Gasteiger partial charge in [0.1, 0.15) is 11.5 Å². The lowest BCUT2D eigenvalue weighted by atomic mass is 10.0. The first kappa shape index (κ1) is 14.0. The van der Waals surface area contributed by atoms with Crippen LogP contribution in [0.25, 0.3) is 0 Å². The summed E-state index contributed by atoms with van der Waals surface area (Å²) in [7, 11) is 3.23. The zero-order valence-corrected chi connectivity index (χ0v) is 12.2. The number of ether oxygens (including phenoxy) is 2. The van der Waals surface area contributed by atoms with Crippen molar-refractivity contribution in [2.24, 2.45) is 0 Å². The van der Waals surface area contributed by atoms with E-state index in [4.69, 9.17) is 32.7 Å². The van der Waals surface area contributed by atoms with Crippen molar-refractivity contribution in [1.82, 2.24) is 0 Å². The molecule has 0 aliphatic carbocycles. The van der Waals surface area contributed by atoms with Crippen LogP contribution in [0.3, 0.4) is 0 Å². The topological polar surface area (TPSA) is 18.5 Å². The minimum atomic E-state index is -0.390. The molecule has 1 atom stereocenters. The van der Waals surface area contributed by atoms with E-state index < -0.39 is 5.38 Å². The fraction of sp³-hybridized carbons (Fsp3) is 0.200. The molecule has 0 fully saturated rings. The molecular weight excluding hydrogens is 283 g/mol. The first-order chi connectivity index (χ1) is 9.17. The minimum absolute atomic E-state index is 0.390. The third-order valence-electron chi connectivity index (χ3n) is 2.89. The molecule has 0 spiro atoms. The number of hydrogen-bond donors (Lipinski definition) is 0. The second kappa shape index (κ2) is 6.18. The molecule has 0 radical (unpaired) electrons. The second-order valence-electron chi connectivity index (χ2n) is 3.99. The van der Waals surface area contributed by atoms with E-state index in [9.17, 15) is 0 Å². The summed E-state index contributed by atoms with van der Waals surface area (Å²) in [6.07, 6.45) is 0. The van der Waals surface area contributed by atoms with Crippen molar-refractivity contribution in [2.45, 2.75) is 5.38 Å². The van der Waals surface area contributed by atoms with E-state index in [1.165, 1.54) is 0 Å². The van der Waals surface area contributed by atoms with Gasteiger partial charge in [-0.25, -0.2) is 0 Å². The van der Waals surface area contributed by atoms with Gasteiger partial charge in [-0.05, 0) is 29.8 Å². The van der Waals surface area contributed by atoms with E-state index in [2.05, 4.69) is 0 Å². The van der Waals surface area contributed by atoms with E-state index in [0.29, 0.717) is 10.8 Å². The number of benzene rings is 2. The first-order valence-electron chi connectivity index (χ1n) is 5.77. The molecule has 0 N–H and O–H groups in total. The summed E-state index contributed by atoms with van der Waals surface area (Å²) in [6, 6.07) is 13.0. The molecule has 19 heavy (non-hydrogen) atoms. The molecule has 0 bridgehead atoms. The van der Waals surface area contributed by atoms with E-state index in [1.807, 2.05) is 42.5 Å². The fourth-order valence-electron chi connectivity index (χ4n) is 1.89. The quantitative estimate of drug-likeness (QED) is 0.762. The molecule has 2 aromatic rings. The lowest BCUT2D eigenvalue weighted by molar-refractivity contribution is 0.399. The molecular formula is C15H14Cl2O2. The van der Waals surface area contributed by atoms with Gasteiger partial charge in [-0.1, -0.05) is 29.8 Å². The van der Waals surface area contributed by atoms with Crippen molar-refractivity contribution in [3.8, 4) is 11.5 Å². The number of methoxy groups -OCH3 is 2. The zero-order chi connectivity index (χ0) is 13.8. The highest BCUT2D eigenvalue weighted by Crippen LogP contribution is 2.39. The Kier molecular flexibility index (Phi) is 4.56. The minimum Gasteiger partial charge on any atom is -0.497 e. The molecule has 0 amide bonds. The van der Waals surface area contributed by atoms with E-state index >= 15 is 0 Å². The molecule has 2 aromatic carbocycles. The molecule has 100 valence electrons. The largest absolute Gasteiger partial charge is 0.497 e. The van der Waals surface area contributed by atoms with E-state index in [-0.39, 0.29) is 0 Å². The normalized spacial score (nSPS) is 12.0. The van der Waals surface area contributed by atoms with Gasteiger partial charge in [-0.2, -0.15) is 0 Å². The van der Waals surface area contributed by atoms with E-state index in [0.717, 1.165) is 16.9 Å². The van der Waals surface area contributed by atoms with Crippen LogP contribution < -0.4 is 9.47 Å². The maximum atomic E-state index is 6.53. The Hall–Kier alpha value is -1.38. The number of halogens is 2. The van der Waals surface area contributed by atoms with Crippen LogP contribution in [-0.2, 0) is 0 Å². The monoisotopic (exact) mass is 296 g/mol. The molecule has 0 heterocycles. The van der Waals surface area contributed by atoms with E-state index in [1.54, 1.807) is 14.2 Å². The SMILES string of the molecule is COc1ccc(OC)c(C(Cl)c2ccccc2Cl)c1. The highest BCUT2D eigenvalue weighted by molar-refractivity contribution is 6.33. The Morgan fingerprint density at radius 1 is 0.947 bits per heavy atom. The van der Waals surface area contributed by atoms with Crippen LogP contribution in [0.2, 0.25) is 5.02 Å². The van der Waals surface area contributed by atoms with Gasteiger partial charge in [0.25, 0.3) is 0 Å².